The summed E-state index contributed by atoms with van der Waals surface area (Å²) in [6, 6.07) is 5.57. The SMILES string of the molecule is COCCNC(=O)c1cccc(N2CCN(C)CC2)n1. The molecule has 1 aromatic heterocycles. The Morgan fingerprint density at radius 3 is 2.80 bits per heavy atom. The van der Waals surface area contributed by atoms with E-state index < -0.39 is 0 Å². The number of methoxy groups -OCH3 is 1. The summed E-state index contributed by atoms with van der Waals surface area (Å²) >= 11 is 0. The van der Waals surface area contributed by atoms with Gasteiger partial charge in [-0.25, -0.2) is 4.98 Å². The van der Waals surface area contributed by atoms with Crippen molar-refractivity contribution in [2.45, 2.75) is 0 Å². The van der Waals surface area contributed by atoms with Crippen molar-refractivity contribution in [2.24, 2.45) is 0 Å². The van der Waals surface area contributed by atoms with Gasteiger partial charge in [-0.1, -0.05) is 6.07 Å². The largest absolute Gasteiger partial charge is 0.383 e. The van der Waals surface area contributed by atoms with Gasteiger partial charge in [-0.2, -0.15) is 0 Å². The number of nitrogens with one attached hydrogen (secondary N) is 1. The Morgan fingerprint density at radius 2 is 2.10 bits per heavy atom. The lowest BCUT2D eigenvalue weighted by Gasteiger charge is -2.33. The Labute approximate surface area is 119 Å². The average molecular weight is 278 g/mol. The topological polar surface area (TPSA) is 57.7 Å². The molecule has 1 aromatic rings. The molecule has 1 aliphatic heterocycles. The maximum absolute atomic E-state index is 12.0. The molecule has 2 heterocycles. The van der Waals surface area contributed by atoms with E-state index in [1.165, 1.54) is 0 Å². The van der Waals surface area contributed by atoms with E-state index in [1.807, 2.05) is 12.1 Å². The lowest BCUT2D eigenvalue weighted by molar-refractivity contribution is 0.0932. The quantitative estimate of drug-likeness (QED) is 0.780. The highest BCUT2D eigenvalue weighted by molar-refractivity contribution is 5.92. The minimum Gasteiger partial charge on any atom is -0.383 e. The normalized spacial score (nSPS) is 16.2. The van der Waals surface area contributed by atoms with Crippen LogP contribution >= 0.6 is 0 Å². The predicted molar refractivity (Wildman–Crippen MR) is 78.2 cm³/mol. The molecule has 20 heavy (non-hydrogen) atoms. The number of carbonyl (C=O) groups excluding carboxylic acids is 1. The first-order valence-electron chi connectivity index (χ1n) is 6.88. The van der Waals surface area contributed by atoms with Gasteiger partial charge in [0.1, 0.15) is 11.5 Å². The summed E-state index contributed by atoms with van der Waals surface area (Å²) < 4.78 is 4.91. The first kappa shape index (κ1) is 14.7. The molecular formula is C14H22N4O2. The molecule has 0 radical (unpaired) electrons. The highest BCUT2D eigenvalue weighted by atomic mass is 16.5. The second-order valence-electron chi connectivity index (χ2n) is 4.92. The molecule has 0 aliphatic carbocycles. The molecule has 0 aromatic carbocycles. The van der Waals surface area contributed by atoms with E-state index in [2.05, 4.69) is 27.1 Å². The number of pyridine rings is 1. The molecule has 6 heteroatoms. The van der Waals surface area contributed by atoms with Gasteiger partial charge in [0.15, 0.2) is 0 Å². The number of likely N-dealkylation sites (N-methyl/N-ethyl adjacent to an activating group) is 1. The number of piperazine rings is 1. The van der Waals surface area contributed by atoms with Crippen molar-refractivity contribution >= 4 is 11.7 Å². The lowest BCUT2D eigenvalue weighted by atomic mass is 10.3. The fourth-order valence-corrected chi connectivity index (χ4v) is 2.12. The molecule has 1 fully saturated rings. The fraction of sp³-hybridized carbons (Fsp3) is 0.571. The lowest BCUT2D eigenvalue weighted by Crippen LogP contribution is -2.45. The zero-order valence-electron chi connectivity index (χ0n) is 12.1. The van der Waals surface area contributed by atoms with Gasteiger partial charge in [-0.3, -0.25) is 4.79 Å². The highest BCUT2D eigenvalue weighted by Crippen LogP contribution is 2.13. The van der Waals surface area contributed by atoms with Crippen molar-refractivity contribution in [1.29, 1.82) is 0 Å². The van der Waals surface area contributed by atoms with Gasteiger partial charge >= 0.3 is 0 Å². The van der Waals surface area contributed by atoms with E-state index in [-0.39, 0.29) is 5.91 Å². The predicted octanol–water partition coefficient (Wildman–Crippen LogP) is 0.210. The fourth-order valence-electron chi connectivity index (χ4n) is 2.12. The van der Waals surface area contributed by atoms with Crippen molar-refractivity contribution < 1.29 is 9.53 Å². The summed E-state index contributed by atoms with van der Waals surface area (Å²) in [7, 11) is 3.73. The van der Waals surface area contributed by atoms with Crippen LogP contribution in [0.5, 0.6) is 0 Å². The summed E-state index contributed by atoms with van der Waals surface area (Å²) in [6.45, 7) is 4.92. The number of carbonyl (C=O) groups is 1. The molecule has 1 saturated heterocycles. The highest BCUT2D eigenvalue weighted by Gasteiger charge is 2.16. The first-order valence-corrected chi connectivity index (χ1v) is 6.88. The molecule has 0 unspecified atom stereocenters. The van der Waals surface area contributed by atoms with Gasteiger partial charge in [-0.05, 0) is 19.2 Å². The van der Waals surface area contributed by atoms with Crippen LogP contribution in [0.25, 0.3) is 0 Å². The Bertz CT molecular complexity index is 445. The van der Waals surface area contributed by atoms with Gasteiger partial charge in [0, 0.05) is 39.8 Å². The standard InChI is InChI=1S/C14H22N4O2/c1-17-7-9-18(10-8-17)13-5-3-4-12(16-13)14(19)15-6-11-20-2/h3-5H,6-11H2,1-2H3,(H,15,19). The Balaban J connectivity index is 1.98. The van der Waals surface area contributed by atoms with Crippen LogP contribution in [0.15, 0.2) is 18.2 Å². The number of ether oxygens (including phenoxy) is 1. The molecule has 110 valence electrons. The van der Waals surface area contributed by atoms with Crippen LogP contribution in [0, 0.1) is 0 Å². The van der Waals surface area contributed by atoms with E-state index in [9.17, 15) is 4.79 Å². The van der Waals surface area contributed by atoms with Gasteiger partial charge in [0.2, 0.25) is 0 Å². The number of aromatic nitrogens is 1. The van der Waals surface area contributed by atoms with E-state index in [0.29, 0.717) is 18.8 Å². The van der Waals surface area contributed by atoms with Gasteiger partial charge in [0.25, 0.3) is 5.91 Å². The minimum atomic E-state index is -0.155. The molecule has 0 bridgehead atoms. The van der Waals surface area contributed by atoms with Crippen LogP contribution in [0.4, 0.5) is 5.82 Å². The summed E-state index contributed by atoms with van der Waals surface area (Å²) in [5, 5.41) is 2.78. The van der Waals surface area contributed by atoms with Crippen LogP contribution in [0.1, 0.15) is 10.5 Å². The molecule has 1 aliphatic rings. The number of rotatable bonds is 5. The summed E-state index contributed by atoms with van der Waals surface area (Å²) in [5.74, 6) is 0.718. The molecule has 0 atom stereocenters. The van der Waals surface area contributed by atoms with Crippen LogP contribution < -0.4 is 10.2 Å². The van der Waals surface area contributed by atoms with Crippen molar-refractivity contribution in [3.05, 3.63) is 23.9 Å². The monoisotopic (exact) mass is 278 g/mol. The molecule has 0 saturated carbocycles. The summed E-state index contributed by atoms with van der Waals surface area (Å²) in [5.41, 5.74) is 0.456. The Hall–Kier alpha value is -1.66. The molecule has 0 spiro atoms. The van der Waals surface area contributed by atoms with Crippen LogP contribution in [0.3, 0.4) is 0 Å². The number of hydrogen-bond donors (Lipinski definition) is 1. The number of hydrogen-bond acceptors (Lipinski definition) is 5. The summed E-state index contributed by atoms with van der Waals surface area (Å²) in [6.07, 6.45) is 0. The van der Waals surface area contributed by atoms with Gasteiger partial charge < -0.3 is 19.9 Å². The Morgan fingerprint density at radius 1 is 1.35 bits per heavy atom. The molecule has 1 N–H and O–H groups in total. The smallest absolute Gasteiger partial charge is 0.270 e. The summed E-state index contributed by atoms with van der Waals surface area (Å²) in [4.78, 5) is 20.9. The third-order valence-electron chi connectivity index (χ3n) is 3.39. The van der Waals surface area contributed by atoms with Crippen molar-refractivity contribution in [3.8, 4) is 0 Å². The van der Waals surface area contributed by atoms with E-state index in [1.54, 1.807) is 13.2 Å². The first-order chi connectivity index (χ1) is 9.70. The van der Waals surface area contributed by atoms with Crippen molar-refractivity contribution in [1.82, 2.24) is 15.2 Å². The molecule has 6 nitrogen and oxygen atoms in total. The molecule has 1 amide bonds. The second kappa shape index (κ2) is 7.21. The third kappa shape index (κ3) is 3.91. The number of nitrogens with zero attached hydrogens (tertiary/aromatic N) is 3. The molecular weight excluding hydrogens is 256 g/mol. The maximum atomic E-state index is 12.0. The van der Waals surface area contributed by atoms with Crippen molar-refractivity contribution in [3.63, 3.8) is 0 Å². The maximum Gasteiger partial charge on any atom is 0.270 e. The van der Waals surface area contributed by atoms with E-state index in [4.69, 9.17) is 4.74 Å². The van der Waals surface area contributed by atoms with E-state index >= 15 is 0 Å². The van der Waals surface area contributed by atoms with Crippen LogP contribution in [-0.4, -0.2) is 69.3 Å². The Kier molecular flexibility index (Phi) is 5.31. The van der Waals surface area contributed by atoms with Gasteiger partial charge in [0.05, 0.1) is 6.61 Å². The van der Waals surface area contributed by atoms with Crippen molar-refractivity contribution in [2.75, 3.05) is 58.4 Å². The number of amides is 1. The van der Waals surface area contributed by atoms with E-state index in [0.717, 1.165) is 32.0 Å². The third-order valence-corrected chi connectivity index (χ3v) is 3.39. The molecule has 2 rings (SSSR count). The van der Waals surface area contributed by atoms with Gasteiger partial charge in [-0.15, -0.1) is 0 Å². The minimum absolute atomic E-state index is 0.155. The van der Waals surface area contributed by atoms with Crippen LogP contribution in [0.2, 0.25) is 0 Å². The second-order valence-corrected chi connectivity index (χ2v) is 4.92. The zero-order valence-corrected chi connectivity index (χ0v) is 12.1. The van der Waals surface area contributed by atoms with Crippen LogP contribution in [-0.2, 0) is 4.74 Å². The average Bonchev–Trinajstić information content (AvgIpc) is 2.48. The zero-order chi connectivity index (χ0) is 14.4. The number of anilines is 1.